The van der Waals surface area contributed by atoms with E-state index in [0.717, 1.165) is 12.8 Å². The van der Waals surface area contributed by atoms with Gasteiger partial charge < -0.3 is 14.7 Å². The number of para-hydroxylation sites is 1. The second kappa shape index (κ2) is 12.8. The van der Waals surface area contributed by atoms with Crippen molar-refractivity contribution in [3.05, 3.63) is 35.2 Å². The number of unbranched alkanes of at least 4 members (excludes halogenated alkanes) is 3. The molecule has 24 heavy (non-hydrogen) atoms. The maximum atomic E-state index is 10.4. The van der Waals surface area contributed by atoms with Crippen LogP contribution in [0.15, 0.2) is 35.7 Å². The van der Waals surface area contributed by atoms with Crippen LogP contribution in [-0.4, -0.2) is 21.7 Å². The lowest BCUT2D eigenvalue weighted by Crippen LogP contribution is -2.32. The Bertz CT molecular complexity index is 471. The Labute approximate surface area is 152 Å². The predicted octanol–water partition coefficient (Wildman–Crippen LogP) is 5.32. The Balaban J connectivity index is 0.000000449. The average molecular weight is 380 g/mol. The Morgan fingerprint density at radius 1 is 1.25 bits per heavy atom. The first-order chi connectivity index (χ1) is 11.3. The molecule has 0 aromatic heterocycles. The van der Waals surface area contributed by atoms with Crippen molar-refractivity contribution in [2.24, 2.45) is 5.34 Å². The second-order valence-corrected chi connectivity index (χ2v) is 6.33. The van der Waals surface area contributed by atoms with E-state index in [1.54, 1.807) is 30.3 Å². The molecule has 0 aliphatic heterocycles. The predicted molar refractivity (Wildman–Crippen MR) is 94.2 cm³/mol. The number of carbonyl (C=O) groups is 1. The van der Waals surface area contributed by atoms with Gasteiger partial charge in [-0.05, 0) is 55.1 Å². The molecule has 8 heteroatoms. The normalized spacial score (nSPS) is 11.7. The van der Waals surface area contributed by atoms with E-state index >= 15 is 0 Å². The fraction of sp³-hybridized carbons (Fsp3) is 0.562. The maximum absolute atomic E-state index is 10.4. The van der Waals surface area contributed by atoms with Crippen molar-refractivity contribution >= 4 is 29.2 Å². The van der Waals surface area contributed by atoms with Crippen LogP contribution >= 0.6 is 23.2 Å². The second-order valence-electron chi connectivity index (χ2n) is 5.08. The van der Waals surface area contributed by atoms with Gasteiger partial charge in [0, 0.05) is 0 Å². The molecule has 1 N–H and O–H groups in total. The fourth-order valence-corrected chi connectivity index (χ4v) is 1.84. The molecule has 0 aliphatic rings. The summed E-state index contributed by atoms with van der Waals surface area (Å²) in [5.74, 6) is -1.14. The van der Waals surface area contributed by atoms with Crippen LogP contribution < -0.4 is 4.74 Å². The van der Waals surface area contributed by atoms with Gasteiger partial charge in [0.15, 0.2) is 5.34 Å². The molecule has 136 valence electrons. The first-order valence-corrected chi connectivity index (χ1v) is 8.42. The summed E-state index contributed by atoms with van der Waals surface area (Å²) >= 11 is 10.7. The van der Waals surface area contributed by atoms with Crippen molar-refractivity contribution in [1.82, 2.24) is 0 Å². The first kappa shape index (κ1) is 22.5. The minimum atomic E-state index is -2.23. The molecule has 0 amide bonds. The zero-order chi connectivity index (χ0) is 18.4. The van der Waals surface area contributed by atoms with E-state index in [1.165, 1.54) is 19.3 Å². The van der Waals surface area contributed by atoms with Gasteiger partial charge >= 0.3 is 10.5 Å². The van der Waals surface area contributed by atoms with E-state index < -0.39 is 10.5 Å². The zero-order valence-electron chi connectivity index (χ0n) is 13.8. The Hall–Kier alpha value is -1.53. The summed E-state index contributed by atoms with van der Waals surface area (Å²) < 4.78 is 2.56. The number of hydrogen-bond donors (Lipinski definition) is 1. The third-order valence-electron chi connectivity index (χ3n) is 2.93. The van der Waals surface area contributed by atoms with E-state index in [-0.39, 0.29) is 6.10 Å². The number of aliphatic carboxylic acids is 1. The maximum Gasteiger partial charge on any atom is 0.381 e. The summed E-state index contributed by atoms with van der Waals surface area (Å²) in [5.41, 5.74) is 0. The molecule has 1 atom stereocenters. The standard InChI is InChI=1S/C8H6Cl2O3.C8H17NO2/c9-8(10,7(11)12)13-6-4-2-1-3-5-6;1-3-4-5-6-7-8(2)11-9-10/h1-5H,(H,11,12);8H,3-7H2,1-2H3. The van der Waals surface area contributed by atoms with Crippen LogP contribution in [0.25, 0.3) is 0 Å². The molecule has 1 unspecified atom stereocenters. The van der Waals surface area contributed by atoms with Crippen molar-refractivity contribution < 1.29 is 19.5 Å². The van der Waals surface area contributed by atoms with Gasteiger partial charge in [-0.25, -0.2) is 4.79 Å². The lowest BCUT2D eigenvalue weighted by atomic mass is 10.1. The Kier molecular flexibility index (Phi) is 12.0. The molecule has 0 fully saturated rings. The molecular formula is C16H23Cl2NO5. The minimum Gasteiger partial charge on any atom is -0.476 e. The molecule has 1 rings (SSSR count). The Morgan fingerprint density at radius 2 is 1.88 bits per heavy atom. The smallest absolute Gasteiger partial charge is 0.381 e. The first-order valence-electron chi connectivity index (χ1n) is 7.67. The van der Waals surface area contributed by atoms with Crippen molar-refractivity contribution in [2.75, 3.05) is 0 Å². The molecule has 0 radical (unpaired) electrons. The molecule has 1 aromatic rings. The summed E-state index contributed by atoms with van der Waals surface area (Å²) in [5, 5.41) is 10.9. The highest BCUT2D eigenvalue weighted by atomic mass is 35.5. The van der Waals surface area contributed by atoms with Crippen LogP contribution in [0.5, 0.6) is 5.75 Å². The summed E-state index contributed by atoms with van der Waals surface area (Å²) in [6.07, 6.45) is 5.78. The van der Waals surface area contributed by atoms with Crippen LogP contribution in [0.4, 0.5) is 0 Å². The molecular weight excluding hydrogens is 357 g/mol. The van der Waals surface area contributed by atoms with Crippen molar-refractivity contribution in [2.45, 2.75) is 56.6 Å². The van der Waals surface area contributed by atoms with Crippen LogP contribution in [0, 0.1) is 4.91 Å². The quantitative estimate of drug-likeness (QED) is 0.257. The third kappa shape index (κ3) is 11.1. The fourth-order valence-electron chi connectivity index (χ4n) is 1.66. The number of hydrogen-bond acceptors (Lipinski definition) is 5. The van der Waals surface area contributed by atoms with Gasteiger partial charge in [0.25, 0.3) is 0 Å². The van der Waals surface area contributed by atoms with Crippen molar-refractivity contribution in [3.63, 3.8) is 0 Å². The molecule has 0 bridgehead atoms. The SMILES string of the molecule is CCCCCCC(C)ON=O.O=C(O)C(Cl)(Cl)Oc1ccccc1. The third-order valence-corrected chi connectivity index (χ3v) is 3.40. The molecule has 0 heterocycles. The van der Waals surface area contributed by atoms with Crippen LogP contribution in [0.1, 0.15) is 46.0 Å². The molecule has 6 nitrogen and oxygen atoms in total. The van der Waals surface area contributed by atoms with Gasteiger partial charge in [0.05, 0.1) is 0 Å². The van der Waals surface area contributed by atoms with Crippen LogP contribution in [0.2, 0.25) is 0 Å². The number of carboxylic acid groups (broad SMARTS) is 1. The van der Waals surface area contributed by atoms with E-state index in [0.29, 0.717) is 5.75 Å². The molecule has 0 spiro atoms. The van der Waals surface area contributed by atoms with Gasteiger partial charge in [0.1, 0.15) is 11.9 Å². The van der Waals surface area contributed by atoms with Gasteiger partial charge in [-0.2, -0.15) is 0 Å². The van der Waals surface area contributed by atoms with Gasteiger partial charge in [-0.3, -0.25) is 0 Å². The van der Waals surface area contributed by atoms with E-state index in [2.05, 4.69) is 17.1 Å². The van der Waals surface area contributed by atoms with Crippen molar-refractivity contribution in [1.29, 1.82) is 0 Å². The van der Waals surface area contributed by atoms with Gasteiger partial charge in [-0.15, -0.1) is 4.91 Å². The highest BCUT2D eigenvalue weighted by Gasteiger charge is 2.36. The number of halogens is 2. The Morgan fingerprint density at radius 3 is 2.38 bits per heavy atom. The number of ether oxygens (including phenoxy) is 1. The van der Waals surface area contributed by atoms with Crippen LogP contribution in [-0.2, 0) is 9.63 Å². The highest BCUT2D eigenvalue weighted by molar-refractivity contribution is 6.56. The molecule has 0 aliphatic carbocycles. The van der Waals surface area contributed by atoms with E-state index in [1.807, 2.05) is 6.92 Å². The number of carboxylic acids is 1. The monoisotopic (exact) mass is 379 g/mol. The lowest BCUT2D eigenvalue weighted by molar-refractivity contribution is -0.143. The molecule has 0 saturated heterocycles. The number of nitrogens with zero attached hydrogens (tertiary/aromatic N) is 1. The highest BCUT2D eigenvalue weighted by Crippen LogP contribution is 2.25. The summed E-state index contributed by atoms with van der Waals surface area (Å²) in [7, 11) is 0. The molecule has 0 saturated carbocycles. The lowest BCUT2D eigenvalue weighted by Gasteiger charge is -2.15. The molecule has 1 aromatic carbocycles. The van der Waals surface area contributed by atoms with Gasteiger partial charge in [-0.1, -0.05) is 44.4 Å². The topological polar surface area (TPSA) is 85.2 Å². The zero-order valence-corrected chi connectivity index (χ0v) is 15.3. The largest absolute Gasteiger partial charge is 0.476 e. The summed E-state index contributed by atoms with van der Waals surface area (Å²) in [4.78, 5) is 24.6. The van der Waals surface area contributed by atoms with Crippen molar-refractivity contribution in [3.8, 4) is 5.75 Å². The average Bonchev–Trinajstić information content (AvgIpc) is 2.53. The van der Waals surface area contributed by atoms with E-state index in [4.69, 9.17) is 33.0 Å². The number of rotatable bonds is 10. The summed E-state index contributed by atoms with van der Waals surface area (Å²) in [6.45, 7) is 4.04. The van der Waals surface area contributed by atoms with Crippen LogP contribution in [0.3, 0.4) is 0 Å². The van der Waals surface area contributed by atoms with Gasteiger partial charge in [0.2, 0.25) is 0 Å². The number of alkyl halides is 2. The number of benzene rings is 1. The van der Waals surface area contributed by atoms with E-state index in [9.17, 15) is 9.70 Å². The minimum absolute atomic E-state index is 0.00986. The summed E-state index contributed by atoms with van der Waals surface area (Å²) in [6, 6.07) is 8.24.